The molecule has 1 aliphatic rings. The largest absolute Gasteiger partial charge is 0.465 e. The summed E-state index contributed by atoms with van der Waals surface area (Å²) in [4.78, 5) is 11.8. The number of hydrogen-bond donors (Lipinski definition) is 0. The van der Waals surface area contributed by atoms with Crippen molar-refractivity contribution in [1.82, 2.24) is 0 Å². The molecule has 1 saturated heterocycles. The monoisotopic (exact) mass is 228 g/mol. The van der Waals surface area contributed by atoms with Gasteiger partial charge in [0, 0.05) is 0 Å². The van der Waals surface area contributed by atoms with Crippen LogP contribution in [0.15, 0.2) is 0 Å². The Morgan fingerprint density at radius 2 is 2.00 bits per heavy atom. The van der Waals surface area contributed by atoms with Gasteiger partial charge in [0.1, 0.15) is 0 Å². The van der Waals surface area contributed by atoms with Gasteiger partial charge in [-0.2, -0.15) is 0 Å². The van der Waals surface area contributed by atoms with Gasteiger partial charge in [-0.25, -0.2) is 0 Å². The van der Waals surface area contributed by atoms with Crippen LogP contribution >= 0.6 is 0 Å². The highest BCUT2D eigenvalue weighted by atomic mass is 16.6. The number of hydrogen-bond acceptors (Lipinski definition) is 3. The number of unbranched alkanes of at least 4 members (excludes halogenated alkanes) is 1. The van der Waals surface area contributed by atoms with E-state index in [1.54, 1.807) is 0 Å². The van der Waals surface area contributed by atoms with Crippen molar-refractivity contribution in [3.8, 4) is 0 Å². The van der Waals surface area contributed by atoms with Crippen molar-refractivity contribution < 1.29 is 14.3 Å². The Kier molecular flexibility index (Phi) is 4.78. The van der Waals surface area contributed by atoms with Crippen LogP contribution in [0.5, 0.6) is 0 Å². The van der Waals surface area contributed by atoms with Crippen molar-refractivity contribution in [2.75, 3.05) is 6.61 Å². The second-order valence-electron chi connectivity index (χ2n) is 5.09. The normalized spacial score (nSPS) is 24.2. The van der Waals surface area contributed by atoms with Gasteiger partial charge in [0.25, 0.3) is 0 Å². The third-order valence-corrected chi connectivity index (χ3v) is 3.10. The van der Waals surface area contributed by atoms with E-state index in [9.17, 15) is 4.79 Å². The second-order valence-corrected chi connectivity index (χ2v) is 5.09. The molecule has 0 radical (unpaired) electrons. The minimum absolute atomic E-state index is 0.0587. The zero-order valence-electron chi connectivity index (χ0n) is 10.9. The molecule has 3 nitrogen and oxygen atoms in total. The zero-order chi connectivity index (χ0) is 12.2. The first-order valence-electron chi connectivity index (χ1n) is 6.36. The Labute approximate surface area is 98.5 Å². The molecule has 0 spiro atoms. The molecule has 1 fully saturated rings. The molecule has 0 bridgehead atoms. The Morgan fingerprint density at radius 3 is 2.56 bits per heavy atom. The Hall–Kier alpha value is -0.570. The number of ether oxygens (including phenoxy) is 2. The number of esters is 1. The molecule has 1 aliphatic heterocycles. The Bertz CT molecular complexity index is 235. The molecule has 94 valence electrons. The van der Waals surface area contributed by atoms with Gasteiger partial charge in [-0.05, 0) is 26.7 Å². The highest BCUT2D eigenvalue weighted by Gasteiger charge is 2.53. The van der Waals surface area contributed by atoms with E-state index in [4.69, 9.17) is 9.47 Å². The van der Waals surface area contributed by atoms with Crippen LogP contribution in [0.3, 0.4) is 0 Å². The van der Waals surface area contributed by atoms with Gasteiger partial charge >= 0.3 is 5.97 Å². The SMILES string of the molecule is CCCCC1OC1C(C)(C)C(=O)OCCC. The average molecular weight is 228 g/mol. The fourth-order valence-corrected chi connectivity index (χ4v) is 1.90. The van der Waals surface area contributed by atoms with E-state index in [1.807, 2.05) is 20.8 Å². The smallest absolute Gasteiger partial charge is 0.314 e. The highest BCUT2D eigenvalue weighted by Crippen LogP contribution is 2.41. The summed E-state index contributed by atoms with van der Waals surface area (Å²) < 4.78 is 10.8. The van der Waals surface area contributed by atoms with Crippen molar-refractivity contribution in [2.45, 2.75) is 65.6 Å². The van der Waals surface area contributed by atoms with Crippen LogP contribution in [0.4, 0.5) is 0 Å². The number of carbonyl (C=O) groups is 1. The molecule has 0 amide bonds. The highest BCUT2D eigenvalue weighted by molar-refractivity contribution is 5.77. The van der Waals surface area contributed by atoms with Crippen LogP contribution in [-0.4, -0.2) is 24.8 Å². The van der Waals surface area contributed by atoms with E-state index >= 15 is 0 Å². The van der Waals surface area contributed by atoms with E-state index < -0.39 is 5.41 Å². The molecule has 16 heavy (non-hydrogen) atoms. The van der Waals surface area contributed by atoms with Crippen LogP contribution in [-0.2, 0) is 14.3 Å². The lowest BCUT2D eigenvalue weighted by Gasteiger charge is -2.20. The van der Waals surface area contributed by atoms with Crippen molar-refractivity contribution in [1.29, 1.82) is 0 Å². The number of epoxide rings is 1. The molecule has 0 N–H and O–H groups in total. The maximum absolute atomic E-state index is 11.8. The van der Waals surface area contributed by atoms with Crippen molar-refractivity contribution in [3.05, 3.63) is 0 Å². The predicted molar refractivity (Wildman–Crippen MR) is 63.2 cm³/mol. The molecule has 1 heterocycles. The molecule has 3 heteroatoms. The molecular weight excluding hydrogens is 204 g/mol. The van der Waals surface area contributed by atoms with Gasteiger partial charge in [-0.1, -0.05) is 26.7 Å². The van der Waals surface area contributed by atoms with Crippen LogP contribution in [0.1, 0.15) is 53.4 Å². The van der Waals surface area contributed by atoms with Crippen molar-refractivity contribution in [2.24, 2.45) is 5.41 Å². The fourth-order valence-electron chi connectivity index (χ4n) is 1.90. The standard InChI is InChI=1S/C13H24O3/c1-5-7-8-10-11(16-10)13(3,4)12(14)15-9-6-2/h10-11H,5-9H2,1-4H3. The molecule has 0 aromatic carbocycles. The minimum atomic E-state index is -0.492. The summed E-state index contributed by atoms with van der Waals surface area (Å²) >= 11 is 0. The van der Waals surface area contributed by atoms with Gasteiger partial charge in [0.15, 0.2) is 0 Å². The summed E-state index contributed by atoms with van der Waals surface area (Å²) in [5, 5.41) is 0. The summed E-state index contributed by atoms with van der Waals surface area (Å²) in [6, 6.07) is 0. The number of carbonyl (C=O) groups excluding carboxylic acids is 1. The lowest BCUT2D eigenvalue weighted by Crippen LogP contribution is -2.33. The van der Waals surface area contributed by atoms with Crippen LogP contribution in [0.25, 0.3) is 0 Å². The lowest BCUT2D eigenvalue weighted by atomic mass is 9.86. The molecule has 0 saturated carbocycles. The van der Waals surface area contributed by atoms with Crippen molar-refractivity contribution >= 4 is 5.97 Å². The maximum atomic E-state index is 11.8. The lowest BCUT2D eigenvalue weighted by molar-refractivity contribution is -0.155. The Morgan fingerprint density at radius 1 is 1.31 bits per heavy atom. The third-order valence-electron chi connectivity index (χ3n) is 3.10. The van der Waals surface area contributed by atoms with E-state index in [0.29, 0.717) is 6.61 Å². The summed E-state index contributed by atoms with van der Waals surface area (Å²) in [6.45, 7) is 8.51. The molecule has 1 rings (SSSR count). The predicted octanol–water partition coefficient (Wildman–Crippen LogP) is 2.92. The van der Waals surface area contributed by atoms with Crippen LogP contribution < -0.4 is 0 Å². The molecule has 2 unspecified atom stereocenters. The van der Waals surface area contributed by atoms with Gasteiger partial charge < -0.3 is 9.47 Å². The summed E-state index contributed by atoms with van der Waals surface area (Å²) in [6.07, 6.45) is 4.60. The fraction of sp³-hybridized carbons (Fsp3) is 0.923. The summed E-state index contributed by atoms with van der Waals surface area (Å²) in [7, 11) is 0. The van der Waals surface area contributed by atoms with Crippen LogP contribution in [0, 0.1) is 5.41 Å². The van der Waals surface area contributed by atoms with Crippen molar-refractivity contribution in [3.63, 3.8) is 0 Å². The first-order chi connectivity index (χ1) is 7.54. The molecular formula is C13H24O3. The van der Waals surface area contributed by atoms with E-state index in [-0.39, 0.29) is 18.2 Å². The molecule has 2 atom stereocenters. The second kappa shape index (κ2) is 5.67. The van der Waals surface area contributed by atoms with Gasteiger partial charge in [-0.3, -0.25) is 4.79 Å². The zero-order valence-corrected chi connectivity index (χ0v) is 10.9. The third kappa shape index (κ3) is 3.21. The molecule has 0 aromatic rings. The van der Waals surface area contributed by atoms with E-state index in [2.05, 4.69) is 6.92 Å². The Balaban J connectivity index is 2.37. The van der Waals surface area contributed by atoms with Gasteiger partial charge in [-0.15, -0.1) is 0 Å². The minimum Gasteiger partial charge on any atom is -0.465 e. The molecule has 0 aromatic heterocycles. The van der Waals surface area contributed by atoms with E-state index in [1.165, 1.54) is 12.8 Å². The maximum Gasteiger partial charge on any atom is 0.314 e. The molecule has 0 aliphatic carbocycles. The first-order valence-corrected chi connectivity index (χ1v) is 6.36. The summed E-state index contributed by atoms with van der Waals surface area (Å²) in [5.74, 6) is -0.127. The number of rotatable bonds is 7. The first kappa shape index (κ1) is 13.5. The van der Waals surface area contributed by atoms with Gasteiger partial charge in [0.05, 0.1) is 24.2 Å². The van der Waals surface area contributed by atoms with Crippen LogP contribution in [0.2, 0.25) is 0 Å². The van der Waals surface area contributed by atoms with Gasteiger partial charge in [0.2, 0.25) is 0 Å². The summed E-state index contributed by atoms with van der Waals surface area (Å²) in [5.41, 5.74) is -0.492. The topological polar surface area (TPSA) is 38.8 Å². The quantitative estimate of drug-likeness (QED) is 0.497. The average Bonchev–Trinajstić information content (AvgIpc) is 3.02. The van der Waals surface area contributed by atoms with E-state index in [0.717, 1.165) is 12.8 Å².